The Bertz CT molecular complexity index is 1140. The Hall–Kier alpha value is -1.28. The van der Waals surface area contributed by atoms with Crippen molar-refractivity contribution >= 4 is 13.7 Å². The lowest BCUT2D eigenvalue weighted by atomic mass is 10.0. The first-order valence-electron chi connectivity index (χ1n) is 27.4. The minimum absolute atomic E-state index is 0.00102. The monoisotopic (exact) mass is 923 g/mol. The summed E-state index contributed by atoms with van der Waals surface area (Å²) in [6.07, 6.45) is 59.2. The number of rotatable bonds is 50. The van der Waals surface area contributed by atoms with E-state index in [-0.39, 0.29) is 19.1 Å². The van der Waals surface area contributed by atoms with Gasteiger partial charge in [0.2, 0.25) is 5.91 Å². The van der Waals surface area contributed by atoms with Crippen molar-refractivity contribution in [3.05, 3.63) is 36.5 Å². The first kappa shape index (κ1) is 62.7. The van der Waals surface area contributed by atoms with Crippen LogP contribution >= 0.6 is 7.82 Å². The van der Waals surface area contributed by atoms with Gasteiger partial charge in [-0.2, -0.15) is 0 Å². The lowest BCUT2D eigenvalue weighted by Crippen LogP contribution is -2.45. The number of allylic oxidation sites excluding steroid dienone is 5. The molecule has 378 valence electrons. The first-order chi connectivity index (χ1) is 31.0. The summed E-state index contributed by atoms with van der Waals surface area (Å²) in [5.74, 6) is -0.198. The topological polar surface area (TPSA) is 108 Å². The molecule has 0 bridgehead atoms. The Kier molecular flexibility index (Phi) is 45.9. The molecule has 0 saturated heterocycles. The lowest BCUT2D eigenvalue weighted by molar-refractivity contribution is -0.870. The molecule has 8 nitrogen and oxygen atoms in total. The molecule has 0 aliphatic rings. The van der Waals surface area contributed by atoms with Crippen LogP contribution in [-0.2, 0) is 18.4 Å². The fraction of sp³-hybridized carbons (Fsp3) is 0.873. The zero-order valence-corrected chi connectivity index (χ0v) is 43.9. The van der Waals surface area contributed by atoms with Crippen LogP contribution in [0.1, 0.15) is 258 Å². The highest BCUT2D eigenvalue weighted by Gasteiger charge is 2.23. The highest BCUT2D eigenvalue weighted by molar-refractivity contribution is 7.45. The van der Waals surface area contributed by atoms with E-state index in [1.54, 1.807) is 6.08 Å². The molecule has 0 aromatic rings. The zero-order chi connectivity index (χ0) is 47.1. The molecule has 3 unspecified atom stereocenters. The number of nitrogens with one attached hydrogen (secondary N) is 1. The maximum absolute atomic E-state index is 12.9. The van der Waals surface area contributed by atoms with Crippen molar-refractivity contribution in [1.29, 1.82) is 0 Å². The van der Waals surface area contributed by atoms with Crippen LogP contribution in [0, 0.1) is 0 Å². The van der Waals surface area contributed by atoms with Gasteiger partial charge in [0.15, 0.2) is 0 Å². The van der Waals surface area contributed by atoms with Gasteiger partial charge in [-0.15, -0.1) is 0 Å². The number of aliphatic hydroxyl groups excluding tert-OH is 1. The molecule has 0 spiro atoms. The quantitative estimate of drug-likeness (QED) is 0.0272. The minimum atomic E-state index is -4.59. The third-order valence-corrected chi connectivity index (χ3v) is 13.3. The fourth-order valence-electron chi connectivity index (χ4n) is 8.01. The highest BCUT2D eigenvalue weighted by atomic mass is 31.2. The Balaban J connectivity index is 4.18. The van der Waals surface area contributed by atoms with Crippen molar-refractivity contribution in [1.82, 2.24) is 5.32 Å². The van der Waals surface area contributed by atoms with Gasteiger partial charge in [-0.25, -0.2) is 0 Å². The zero-order valence-electron chi connectivity index (χ0n) is 43.0. The molecule has 0 rings (SSSR count). The normalized spacial score (nSPS) is 14.3. The van der Waals surface area contributed by atoms with Crippen LogP contribution in [0.2, 0.25) is 0 Å². The number of carbonyl (C=O) groups is 1. The van der Waals surface area contributed by atoms with E-state index in [2.05, 4.69) is 43.5 Å². The second-order valence-corrected chi connectivity index (χ2v) is 21.3. The molecule has 0 fully saturated rings. The summed E-state index contributed by atoms with van der Waals surface area (Å²) in [4.78, 5) is 25.4. The molecule has 3 atom stereocenters. The molecule has 0 aliphatic heterocycles. The van der Waals surface area contributed by atoms with Crippen molar-refractivity contribution in [3.8, 4) is 0 Å². The van der Waals surface area contributed by atoms with Gasteiger partial charge in [-0.1, -0.05) is 237 Å². The molecule has 1 amide bonds. The number of nitrogens with zero attached hydrogens (tertiary/aromatic N) is 1. The summed E-state index contributed by atoms with van der Waals surface area (Å²) < 4.78 is 23.3. The van der Waals surface area contributed by atoms with Crippen molar-refractivity contribution in [3.63, 3.8) is 0 Å². The molecule has 0 aromatic heterocycles. The molecule has 9 heteroatoms. The Morgan fingerprint density at radius 3 is 1.30 bits per heavy atom. The summed E-state index contributed by atoms with van der Waals surface area (Å²) in [7, 11) is 1.26. The molecule has 0 aliphatic carbocycles. The van der Waals surface area contributed by atoms with Crippen molar-refractivity contribution in [2.24, 2.45) is 0 Å². The number of hydrogen-bond acceptors (Lipinski definition) is 6. The minimum Gasteiger partial charge on any atom is -0.756 e. The van der Waals surface area contributed by atoms with Crippen molar-refractivity contribution in [2.75, 3.05) is 40.9 Å². The predicted octanol–water partition coefficient (Wildman–Crippen LogP) is 15.6. The number of amides is 1. The lowest BCUT2D eigenvalue weighted by Gasteiger charge is -2.29. The van der Waals surface area contributed by atoms with Crippen LogP contribution in [-0.4, -0.2) is 68.5 Å². The smallest absolute Gasteiger partial charge is 0.268 e. The van der Waals surface area contributed by atoms with Crippen LogP contribution < -0.4 is 10.2 Å². The van der Waals surface area contributed by atoms with E-state index < -0.39 is 20.0 Å². The standard InChI is InChI=1S/C55H107N2O6P/c1-6-8-10-12-14-16-18-20-22-23-24-25-26-27-28-29-30-31-32-33-35-37-39-41-43-45-47-49-55(59)56-53(52-63-64(60,61)62-51-50-57(3,4)5)54(58)48-46-44-42-40-38-36-34-21-19-17-15-13-11-9-7-2/h24-25,27-28,46,48,53-54,58H,6-23,26,29-45,47,49-52H2,1-5H3,(H-,56,59,60,61)/b25-24-,28-27-,48-46+. The third kappa shape index (κ3) is 48.6. The van der Waals surface area contributed by atoms with Crippen molar-refractivity contribution in [2.45, 2.75) is 270 Å². The maximum atomic E-state index is 12.9. The number of hydrogen-bond donors (Lipinski definition) is 2. The van der Waals surface area contributed by atoms with Gasteiger partial charge < -0.3 is 28.8 Å². The van der Waals surface area contributed by atoms with Gasteiger partial charge in [-0.05, 0) is 51.4 Å². The third-order valence-electron chi connectivity index (χ3n) is 12.3. The Labute approximate surface area is 397 Å². The van der Waals surface area contributed by atoms with Crippen LogP contribution in [0.4, 0.5) is 0 Å². The molecular weight excluding hydrogens is 816 g/mol. The summed E-state index contributed by atoms with van der Waals surface area (Å²) in [5.41, 5.74) is 0. The van der Waals surface area contributed by atoms with Gasteiger partial charge >= 0.3 is 0 Å². The Morgan fingerprint density at radius 1 is 0.547 bits per heavy atom. The molecule has 2 N–H and O–H groups in total. The molecule has 0 saturated carbocycles. The fourth-order valence-corrected chi connectivity index (χ4v) is 8.73. The van der Waals surface area contributed by atoms with E-state index in [4.69, 9.17) is 9.05 Å². The van der Waals surface area contributed by atoms with Gasteiger partial charge in [-0.3, -0.25) is 9.36 Å². The molecule has 0 heterocycles. The maximum Gasteiger partial charge on any atom is 0.268 e. The van der Waals surface area contributed by atoms with Gasteiger partial charge in [0, 0.05) is 6.42 Å². The number of carbonyl (C=O) groups excluding carboxylic acids is 1. The number of likely N-dealkylation sites (N-methyl/N-ethyl adjacent to an activating group) is 1. The first-order valence-corrected chi connectivity index (χ1v) is 28.8. The van der Waals surface area contributed by atoms with Gasteiger partial charge in [0.05, 0.1) is 39.9 Å². The van der Waals surface area contributed by atoms with E-state index in [0.29, 0.717) is 17.4 Å². The number of quaternary nitrogens is 1. The van der Waals surface area contributed by atoms with E-state index >= 15 is 0 Å². The second kappa shape index (κ2) is 46.8. The van der Waals surface area contributed by atoms with Crippen molar-refractivity contribution < 1.29 is 32.9 Å². The van der Waals surface area contributed by atoms with E-state index in [0.717, 1.165) is 44.9 Å². The number of phosphoric ester groups is 1. The highest BCUT2D eigenvalue weighted by Crippen LogP contribution is 2.38. The predicted molar refractivity (Wildman–Crippen MR) is 275 cm³/mol. The molecular formula is C55H107N2O6P. The Morgan fingerprint density at radius 2 is 0.906 bits per heavy atom. The summed E-state index contributed by atoms with van der Waals surface area (Å²) in [6, 6.07) is -0.887. The SMILES string of the molecule is CCCCCCCCCCC/C=C\C/C=C\CCCCCCCCCCCCCC(=O)NC(COP(=O)([O-])OCC[N+](C)(C)C)C(O)/C=C/CCCCCCCCCCCCCCC. The van der Waals surface area contributed by atoms with E-state index in [9.17, 15) is 19.4 Å². The average Bonchev–Trinajstić information content (AvgIpc) is 3.25. The number of aliphatic hydroxyl groups is 1. The van der Waals surface area contributed by atoms with Crippen LogP contribution in [0.5, 0.6) is 0 Å². The van der Waals surface area contributed by atoms with E-state index in [1.165, 1.54) is 193 Å². The summed E-state index contributed by atoms with van der Waals surface area (Å²) in [6.45, 7) is 4.66. The summed E-state index contributed by atoms with van der Waals surface area (Å²) >= 11 is 0. The number of unbranched alkanes of at least 4 members (excludes halogenated alkanes) is 33. The van der Waals surface area contributed by atoms with Gasteiger partial charge in [0.25, 0.3) is 7.82 Å². The van der Waals surface area contributed by atoms with Crippen LogP contribution in [0.15, 0.2) is 36.5 Å². The summed E-state index contributed by atoms with van der Waals surface area (Å²) in [5, 5.41) is 13.8. The molecule has 64 heavy (non-hydrogen) atoms. The van der Waals surface area contributed by atoms with Crippen LogP contribution in [0.25, 0.3) is 0 Å². The van der Waals surface area contributed by atoms with Gasteiger partial charge in [0.1, 0.15) is 13.2 Å². The van der Waals surface area contributed by atoms with Crippen LogP contribution in [0.3, 0.4) is 0 Å². The molecule has 0 aromatic carbocycles. The average molecular weight is 923 g/mol. The second-order valence-electron chi connectivity index (χ2n) is 19.9. The molecule has 0 radical (unpaired) electrons. The largest absolute Gasteiger partial charge is 0.756 e. The van der Waals surface area contributed by atoms with E-state index in [1.807, 2.05) is 27.2 Å². The number of phosphoric acid groups is 1.